The molecule has 2 aromatic carbocycles. The standard InChI is InChI=1S/C26H25ClN4O3/c1-17(20-7-8-24(25(13-20)33-3)34-16-19-9-11-28-12-10-19)30-26(32)23-15-29-31(18(23)2)22-6-4-5-21(27)14-22/h4-15,17H,16H2,1-3H3,(H,30,32). The number of carbonyl (C=O) groups excluding carboxylic acids is 1. The fourth-order valence-corrected chi connectivity index (χ4v) is 3.76. The van der Waals surface area contributed by atoms with E-state index in [2.05, 4.69) is 15.4 Å². The van der Waals surface area contributed by atoms with E-state index < -0.39 is 0 Å². The number of amides is 1. The van der Waals surface area contributed by atoms with Gasteiger partial charge in [0, 0.05) is 17.4 Å². The van der Waals surface area contributed by atoms with Gasteiger partial charge in [-0.3, -0.25) is 9.78 Å². The van der Waals surface area contributed by atoms with Gasteiger partial charge in [0.05, 0.1) is 36.3 Å². The molecule has 4 aromatic rings. The number of nitrogens with zero attached hydrogens (tertiary/aromatic N) is 3. The van der Waals surface area contributed by atoms with Gasteiger partial charge in [0.25, 0.3) is 5.91 Å². The Morgan fingerprint density at radius 1 is 1.12 bits per heavy atom. The molecular formula is C26H25ClN4O3. The Morgan fingerprint density at radius 2 is 1.91 bits per heavy atom. The highest BCUT2D eigenvalue weighted by Gasteiger charge is 2.19. The third-order valence-electron chi connectivity index (χ3n) is 5.49. The molecule has 1 N–H and O–H groups in total. The van der Waals surface area contributed by atoms with Crippen LogP contribution in [0.15, 0.2) is 73.2 Å². The van der Waals surface area contributed by atoms with Crippen molar-refractivity contribution in [2.24, 2.45) is 0 Å². The van der Waals surface area contributed by atoms with E-state index in [0.717, 1.165) is 22.5 Å². The molecule has 0 aliphatic carbocycles. The number of ether oxygens (including phenoxy) is 2. The average molecular weight is 477 g/mol. The highest BCUT2D eigenvalue weighted by molar-refractivity contribution is 6.30. The normalized spacial score (nSPS) is 11.6. The van der Waals surface area contributed by atoms with Gasteiger partial charge in [0.2, 0.25) is 0 Å². The van der Waals surface area contributed by atoms with E-state index >= 15 is 0 Å². The van der Waals surface area contributed by atoms with Crippen molar-refractivity contribution in [1.82, 2.24) is 20.1 Å². The highest BCUT2D eigenvalue weighted by Crippen LogP contribution is 2.31. The van der Waals surface area contributed by atoms with Gasteiger partial charge in [-0.25, -0.2) is 4.68 Å². The van der Waals surface area contributed by atoms with E-state index in [1.807, 2.05) is 56.3 Å². The molecule has 2 heterocycles. The van der Waals surface area contributed by atoms with Gasteiger partial charge in [-0.1, -0.05) is 23.7 Å². The lowest BCUT2D eigenvalue weighted by Crippen LogP contribution is -2.27. The first kappa shape index (κ1) is 23.3. The molecule has 0 spiro atoms. The average Bonchev–Trinajstić information content (AvgIpc) is 3.24. The van der Waals surface area contributed by atoms with E-state index in [4.69, 9.17) is 21.1 Å². The molecule has 7 nitrogen and oxygen atoms in total. The molecule has 0 bridgehead atoms. The molecule has 0 fully saturated rings. The monoisotopic (exact) mass is 476 g/mol. The summed E-state index contributed by atoms with van der Waals surface area (Å²) >= 11 is 6.10. The molecule has 0 radical (unpaired) electrons. The van der Waals surface area contributed by atoms with Gasteiger partial charge >= 0.3 is 0 Å². The molecule has 4 rings (SSSR count). The molecule has 0 saturated carbocycles. The minimum Gasteiger partial charge on any atom is -0.493 e. The molecule has 0 saturated heterocycles. The number of methoxy groups -OCH3 is 1. The topological polar surface area (TPSA) is 78.3 Å². The van der Waals surface area contributed by atoms with Crippen LogP contribution < -0.4 is 14.8 Å². The predicted molar refractivity (Wildman–Crippen MR) is 131 cm³/mol. The zero-order valence-electron chi connectivity index (χ0n) is 19.2. The number of hydrogen-bond acceptors (Lipinski definition) is 5. The van der Waals surface area contributed by atoms with E-state index in [1.165, 1.54) is 0 Å². The number of halogens is 1. The first-order chi connectivity index (χ1) is 16.5. The van der Waals surface area contributed by atoms with Crippen molar-refractivity contribution in [3.63, 3.8) is 0 Å². The number of pyridine rings is 1. The maximum Gasteiger partial charge on any atom is 0.255 e. The van der Waals surface area contributed by atoms with Crippen molar-refractivity contribution in [1.29, 1.82) is 0 Å². The van der Waals surface area contributed by atoms with E-state index in [9.17, 15) is 4.79 Å². The highest BCUT2D eigenvalue weighted by atomic mass is 35.5. The second kappa shape index (κ2) is 10.4. The molecule has 1 atom stereocenters. The SMILES string of the molecule is COc1cc(C(C)NC(=O)c2cnn(-c3cccc(Cl)c3)c2C)ccc1OCc1ccncc1. The zero-order valence-corrected chi connectivity index (χ0v) is 19.9. The number of carbonyl (C=O) groups is 1. The van der Waals surface area contributed by atoms with Gasteiger partial charge < -0.3 is 14.8 Å². The van der Waals surface area contributed by atoms with Gasteiger partial charge in [-0.2, -0.15) is 5.10 Å². The van der Waals surface area contributed by atoms with E-state index in [1.54, 1.807) is 42.5 Å². The Hall–Kier alpha value is -3.84. The maximum atomic E-state index is 13.0. The van der Waals surface area contributed by atoms with Crippen LogP contribution in [0, 0.1) is 6.92 Å². The summed E-state index contributed by atoms with van der Waals surface area (Å²) in [5.41, 5.74) is 3.92. The van der Waals surface area contributed by atoms with Crippen molar-refractivity contribution < 1.29 is 14.3 Å². The quantitative estimate of drug-likeness (QED) is 0.373. The van der Waals surface area contributed by atoms with E-state index in [-0.39, 0.29) is 11.9 Å². The maximum absolute atomic E-state index is 13.0. The van der Waals surface area contributed by atoms with Gasteiger partial charge in [0.1, 0.15) is 6.61 Å². The molecule has 1 unspecified atom stereocenters. The van der Waals surface area contributed by atoms with Crippen LogP contribution in [-0.2, 0) is 6.61 Å². The molecule has 1 amide bonds. The second-order valence-corrected chi connectivity index (χ2v) is 8.22. The summed E-state index contributed by atoms with van der Waals surface area (Å²) in [7, 11) is 1.59. The summed E-state index contributed by atoms with van der Waals surface area (Å²) in [5.74, 6) is 1.01. The smallest absolute Gasteiger partial charge is 0.255 e. The van der Waals surface area contributed by atoms with Crippen LogP contribution in [0.5, 0.6) is 11.5 Å². The lowest BCUT2D eigenvalue weighted by Gasteiger charge is -2.17. The fraction of sp³-hybridized carbons (Fsp3) is 0.192. The first-order valence-corrected chi connectivity index (χ1v) is 11.1. The second-order valence-electron chi connectivity index (χ2n) is 7.78. The van der Waals surface area contributed by atoms with Gasteiger partial charge in [0.15, 0.2) is 11.5 Å². The first-order valence-electron chi connectivity index (χ1n) is 10.8. The lowest BCUT2D eigenvalue weighted by atomic mass is 10.1. The van der Waals surface area contributed by atoms with Gasteiger partial charge in [-0.05, 0) is 67.4 Å². The summed E-state index contributed by atoms with van der Waals surface area (Å²) in [6, 6.07) is 16.5. The minimum atomic E-state index is -0.260. The van der Waals surface area contributed by atoms with Crippen molar-refractivity contribution in [2.75, 3.05) is 7.11 Å². The Kier molecular flexibility index (Phi) is 7.13. The zero-order chi connectivity index (χ0) is 24.1. The van der Waals surface area contributed by atoms with Crippen LogP contribution in [0.3, 0.4) is 0 Å². The van der Waals surface area contributed by atoms with Crippen LogP contribution in [-0.4, -0.2) is 27.8 Å². The minimum absolute atomic E-state index is 0.213. The van der Waals surface area contributed by atoms with E-state index in [0.29, 0.717) is 28.7 Å². The largest absolute Gasteiger partial charge is 0.493 e. The van der Waals surface area contributed by atoms with Gasteiger partial charge in [-0.15, -0.1) is 0 Å². The lowest BCUT2D eigenvalue weighted by molar-refractivity contribution is 0.0939. The molecule has 2 aromatic heterocycles. The Labute approximate surface area is 203 Å². The number of rotatable bonds is 8. The van der Waals surface area contributed by atoms with Crippen molar-refractivity contribution >= 4 is 17.5 Å². The summed E-state index contributed by atoms with van der Waals surface area (Å²) < 4.78 is 13.1. The molecular weight excluding hydrogens is 452 g/mol. The number of aromatic nitrogens is 3. The fourth-order valence-electron chi connectivity index (χ4n) is 3.57. The molecule has 8 heteroatoms. The van der Waals surface area contributed by atoms with Crippen LogP contribution in [0.4, 0.5) is 0 Å². The van der Waals surface area contributed by atoms with Crippen LogP contribution in [0.25, 0.3) is 5.69 Å². The Balaban J connectivity index is 1.46. The van der Waals surface area contributed by atoms with Crippen molar-refractivity contribution in [3.05, 3.63) is 101 Å². The molecule has 0 aliphatic rings. The predicted octanol–water partition coefficient (Wildman–Crippen LogP) is 5.31. The molecule has 34 heavy (non-hydrogen) atoms. The van der Waals surface area contributed by atoms with Crippen LogP contribution >= 0.6 is 11.6 Å². The summed E-state index contributed by atoms with van der Waals surface area (Å²) in [4.78, 5) is 17.0. The number of nitrogens with one attached hydrogen (secondary N) is 1. The Bertz CT molecular complexity index is 1290. The summed E-state index contributed by atoms with van der Waals surface area (Å²) in [6.07, 6.45) is 5.02. The Morgan fingerprint density at radius 3 is 2.65 bits per heavy atom. The number of benzene rings is 2. The third kappa shape index (κ3) is 5.21. The van der Waals surface area contributed by atoms with Crippen LogP contribution in [0.2, 0.25) is 5.02 Å². The third-order valence-corrected chi connectivity index (χ3v) is 5.72. The van der Waals surface area contributed by atoms with Crippen molar-refractivity contribution in [2.45, 2.75) is 26.5 Å². The summed E-state index contributed by atoms with van der Waals surface area (Å²) in [6.45, 7) is 4.17. The molecule has 174 valence electrons. The molecule has 0 aliphatic heterocycles. The number of hydrogen-bond donors (Lipinski definition) is 1. The van der Waals surface area contributed by atoms with Crippen molar-refractivity contribution in [3.8, 4) is 17.2 Å². The summed E-state index contributed by atoms with van der Waals surface area (Å²) in [5, 5.41) is 8.01. The van der Waals surface area contributed by atoms with Crippen LogP contribution in [0.1, 0.15) is 40.1 Å².